The van der Waals surface area contributed by atoms with Crippen molar-refractivity contribution in [3.05, 3.63) is 35.4 Å². The number of hydrogen-bond acceptors (Lipinski definition) is 2. The summed E-state index contributed by atoms with van der Waals surface area (Å²) in [5.74, 6) is 0.472. The molecule has 0 radical (unpaired) electrons. The van der Waals surface area contributed by atoms with Gasteiger partial charge in [-0.2, -0.15) is 0 Å². The maximum atomic E-state index is 10.4. The smallest absolute Gasteiger partial charge is 0.0818 e. The van der Waals surface area contributed by atoms with Gasteiger partial charge in [0.2, 0.25) is 0 Å². The van der Waals surface area contributed by atoms with E-state index in [0.717, 1.165) is 12.1 Å². The van der Waals surface area contributed by atoms with Crippen molar-refractivity contribution in [2.75, 3.05) is 6.54 Å². The van der Waals surface area contributed by atoms with Crippen LogP contribution in [0, 0.1) is 5.92 Å². The molecule has 0 aliphatic heterocycles. The fourth-order valence-electron chi connectivity index (χ4n) is 3.34. The second-order valence-corrected chi connectivity index (χ2v) is 6.10. The van der Waals surface area contributed by atoms with Gasteiger partial charge >= 0.3 is 0 Å². The van der Waals surface area contributed by atoms with Gasteiger partial charge in [-0.3, -0.25) is 0 Å². The van der Waals surface area contributed by atoms with Gasteiger partial charge in [0.1, 0.15) is 0 Å². The first-order chi connectivity index (χ1) is 8.75. The first-order valence-corrected chi connectivity index (χ1v) is 7.24. The van der Waals surface area contributed by atoms with Gasteiger partial charge in [0.15, 0.2) is 0 Å². The highest BCUT2D eigenvalue weighted by atomic mass is 16.3. The molecule has 2 heteroatoms. The first kappa shape index (κ1) is 12.2. The Bertz CT molecular complexity index is 402. The van der Waals surface area contributed by atoms with E-state index in [2.05, 4.69) is 24.3 Å². The predicted octanol–water partition coefficient (Wildman–Crippen LogP) is 2.90. The Morgan fingerprint density at radius 1 is 1.17 bits per heavy atom. The molecule has 1 aromatic rings. The van der Waals surface area contributed by atoms with Gasteiger partial charge in [-0.1, -0.05) is 37.1 Å². The standard InChI is InChI=1S/C16H23NO/c17-11-16(9-10-16)14-7-5-13(6-8-14)15(18)12-3-1-2-4-12/h5-8,12,15,18H,1-4,9-11,17H2. The van der Waals surface area contributed by atoms with Crippen LogP contribution in [0.1, 0.15) is 55.8 Å². The normalized spacial score (nSPS) is 24.1. The Morgan fingerprint density at radius 3 is 2.28 bits per heavy atom. The van der Waals surface area contributed by atoms with Gasteiger partial charge in [-0.05, 0) is 42.7 Å². The molecular formula is C16H23NO. The molecule has 98 valence electrons. The van der Waals surface area contributed by atoms with Gasteiger partial charge < -0.3 is 10.8 Å². The molecule has 2 nitrogen and oxygen atoms in total. The minimum absolute atomic E-state index is 0.261. The molecule has 0 bridgehead atoms. The van der Waals surface area contributed by atoms with E-state index in [-0.39, 0.29) is 11.5 Å². The minimum Gasteiger partial charge on any atom is -0.388 e. The van der Waals surface area contributed by atoms with Crippen molar-refractivity contribution in [3.63, 3.8) is 0 Å². The zero-order valence-electron chi connectivity index (χ0n) is 10.9. The minimum atomic E-state index is -0.269. The Hall–Kier alpha value is -0.860. The van der Waals surface area contributed by atoms with Crippen LogP contribution in [0.25, 0.3) is 0 Å². The lowest BCUT2D eigenvalue weighted by molar-refractivity contribution is 0.111. The molecule has 2 aliphatic carbocycles. The van der Waals surface area contributed by atoms with Crippen LogP contribution < -0.4 is 5.73 Å². The molecule has 3 rings (SSSR count). The van der Waals surface area contributed by atoms with E-state index in [4.69, 9.17) is 5.73 Å². The summed E-state index contributed by atoms with van der Waals surface area (Å²) in [6, 6.07) is 8.56. The third-order valence-corrected chi connectivity index (χ3v) is 4.96. The van der Waals surface area contributed by atoms with E-state index in [9.17, 15) is 5.11 Å². The predicted molar refractivity (Wildman–Crippen MR) is 73.3 cm³/mol. The quantitative estimate of drug-likeness (QED) is 0.856. The van der Waals surface area contributed by atoms with Gasteiger partial charge in [-0.25, -0.2) is 0 Å². The Labute approximate surface area is 109 Å². The van der Waals surface area contributed by atoms with E-state index in [1.54, 1.807) is 0 Å². The number of benzene rings is 1. The van der Waals surface area contributed by atoms with E-state index < -0.39 is 0 Å². The van der Waals surface area contributed by atoms with E-state index >= 15 is 0 Å². The molecule has 0 amide bonds. The van der Waals surface area contributed by atoms with Crippen molar-refractivity contribution in [2.45, 2.75) is 50.0 Å². The van der Waals surface area contributed by atoms with Crippen LogP contribution in [0.5, 0.6) is 0 Å². The fourth-order valence-corrected chi connectivity index (χ4v) is 3.34. The first-order valence-electron chi connectivity index (χ1n) is 7.24. The monoisotopic (exact) mass is 245 g/mol. The summed E-state index contributed by atoms with van der Waals surface area (Å²) in [5, 5.41) is 10.4. The van der Waals surface area contributed by atoms with Crippen LogP contribution in [0.3, 0.4) is 0 Å². The van der Waals surface area contributed by atoms with Gasteiger partial charge in [0, 0.05) is 12.0 Å². The molecule has 3 N–H and O–H groups in total. The van der Waals surface area contributed by atoms with Crippen LogP contribution in [-0.4, -0.2) is 11.7 Å². The third-order valence-electron chi connectivity index (χ3n) is 4.96. The molecule has 1 unspecified atom stereocenters. The zero-order valence-corrected chi connectivity index (χ0v) is 10.9. The molecule has 0 spiro atoms. The van der Waals surface area contributed by atoms with Crippen molar-refractivity contribution in [2.24, 2.45) is 11.7 Å². The summed E-state index contributed by atoms with van der Waals surface area (Å²) >= 11 is 0. The van der Waals surface area contributed by atoms with Gasteiger partial charge in [-0.15, -0.1) is 0 Å². The fraction of sp³-hybridized carbons (Fsp3) is 0.625. The Kier molecular flexibility index (Phi) is 3.16. The number of aliphatic hydroxyl groups is 1. The number of hydrogen-bond donors (Lipinski definition) is 2. The molecule has 1 aromatic carbocycles. The summed E-state index contributed by atoms with van der Waals surface area (Å²) in [6.45, 7) is 0.748. The summed E-state index contributed by atoms with van der Waals surface area (Å²) in [6.07, 6.45) is 7.06. The molecular weight excluding hydrogens is 222 g/mol. The van der Waals surface area contributed by atoms with E-state index in [0.29, 0.717) is 5.92 Å². The summed E-state index contributed by atoms with van der Waals surface area (Å²) in [7, 11) is 0. The second kappa shape index (κ2) is 4.67. The van der Waals surface area contributed by atoms with Crippen LogP contribution in [0.15, 0.2) is 24.3 Å². The lowest BCUT2D eigenvalue weighted by Gasteiger charge is -2.19. The molecule has 0 heterocycles. The Morgan fingerprint density at radius 2 is 1.78 bits per heavy atom. The van der Waals surface area contributed by atoms with E-state index in [1.165, 1.54) is 44.1 Å². The topological polar surface area (TPSA) is 46.2 Å². The maximum absolute atomic E-state index is 10.4. The SMILES string of the molecule is NCC1(c2ccc(C(O)C3CCCC3)cc2)CC1. The number of nitrogens with two attached hydrogens (primary N) is 1. The second-order valence-electron chi connectivity index (χ2n) is 6.10. The van der Waals surface area contributed by atoms with Crippen molar-refractivity contribution in [1.82, 2.24) is 0 Å². The highest BCUT2D eigenvalue weighted by Crippen LogP contribution is 2.47. The third kappa shape index (κ3) is 2.08. The largest absolute Gasteiger partial charge is 0.388 e. The number of rotatable bonds is 4. The summed E-state index contributed by atoms with van der Waals surface area (Å²) < 4.78 is 0. The van der Waals surface area contributed by atoms with Crippen LogP contribution >= 0.6 is 0 Å². The Balaban J connectivity index is 1.74. The van der Waals surface area contributed by atoms with Crippen molar-refractivity contribution in [1.29, 1.82) is 0 Å². The van der Waals surface area contributed by atoms with Crippen LogP contribution in [0.4, 0.5) is 0 Å². The van der Waals surface area contributed by atoms with Crippen molar-refractivity contribution < 1.29 is 5.11 Å². The molecule has 18 heavy (non-hydrogen) atoms. The number of aliphatic hydroxyl groups excluding tert-OH is 1. The summed E-state index contributed by atoms with van der Waals surface area (Å²) in [4.78, 5) is 0. The molecule has 2 saturated carbocycles. The average Bonchev–Trinajstić information content (AvgIpc) is 3.04. The lowest BCUT2D eigenvalue weighted by atomic mass is 9.90. The maximum Gasteiger partial charge on any atom is 0.0818 e. The molecule has 2 aliphatic rings. The summed E-state index contributed by atoms with van der Waals surface area (Å²) in [5.41, 5.74) is 8.55. The molecule has 2 fully saturated rings. The lowest BCUT2D eigenvalue weighted by Crippen LogP contribution is -2.19. The zero-order chi connectivity index (χ0) is 12.6. The molecule has 0 aromatic heterocycles. The highest BCUT2D eigenvalue weighted by molar-refractivity contribution is 5.35. The highest BCUT2D eigenvalue weighted by Gasteiger charge is 2.42. The molecule has 0 saturated heterocycles. The van der Waals surface area contributed by atoms with Crippen molar-refractivity contribution >= 4 is 0 Å². The van der Waals surface area contributed by atoms with Crippen LogP contribution in [-0.2, 0) is 5.41 Å². The van der Waals surface area contributed by atoms with E-state index in [1.807, 2.05) is 0 Å². The van der Waals surface area contributed by atoms with Crippen LogP contribution in [0.2, 0.25) is 0 Å². The van der Waals surface area contributed by atoms with Crippen molar-refractivity contribution in [3.8, 4) is 0 Å². The van der Waals surface area contributed by atoms with Gasteiger partial charge in [0.25, 0.3) is 0 Å². The molecule has 1 atom stereocenters. The van der Waals surface area contributed by atoms with Gasteiger partial charge in [0.05, 0.1) is 6.10 Å². The average molecular weight is 245 g/mol.